The van der Waals surface area contributed by atoms with Crippen LogP contribution in [0, 0.1) is 5.82 Å². The first-order valence-corrected chi connectivity index (χ1v) is 10.2. The van der Waals surface area contributed by atoms with Gasteiger partial charge in [-0.15, -0.1) is 0 Å². The number of hydrogen-bond donors (Lipinski definition) is 2. The lowest BCUT2D eigenvalue weighted by molar-refractivity contribution is -0.117. The molecule has 152 valence electrons. The maximum absolute atomic E-state index is 15.1. The maximum Gasteiger partial charge on any atom is 0.326 e. The lowest BCUT2D eigenvalue weighted by Crippen LogP contribution is -2.30. The highest BCUT2D eigenvalue weighted by Crippen LogP contribution is 2.39. The molecular formula is C18H17FN4O5S. The summed E-state index contributed by atoms with van der Waals surface area (Å²) in [6.07, 6.45) is 4.21. The first-order valence-electron chi connectivity index (χ1n) is 8.74. The van der Waals surface area contributed by atoms with Crippen LogP contribution in [0.25, 0.3) is 10.8 Å². The molecule has 1 saturated heterocycles. The van der Waals surface area contributed by atoms with Crippen molar-refractivity contribution in [1.82, 2.24) is 14.5 Å². The molecule has 0 aliphatic carbocycles. The lowest BCUT2D eigenvalue weighted by atomic mass is 10.1. The lowest BCUT2D eigenvalue weighted by Gasteiger charge is -2.18. The molecule has 0 bridgehead atoms. The fraction of sp³-hybridized carbons (Fsp3) is 0.222. The van der Waals surface area contributed by atoms with Crippen molar-refractivity contribution in [3.8, 4) is 11.5 Å². The molecule has 2 heterocycles. The molecule has 2 N–H and O–H groups in total. The van der Waals surface area contributed by atoms with Gasteiger partial charge in [0.2, 0.25) is 0 Å². The number of halogens is 1. The van der Waals surface area contributed by atoms with Crippen LogP contribution in [0.2, 0.25) is 0 Å². The van der Waals surface area contributed by atoms with Crippen LogP contribution in [0.5, 0.6) is 11.5 Å². The molecule has 0 unspecified atom stereocenters. The summed E-state index contributed by atoms with van der Waals surface area (Å²) < 4.78 is 48.9. The summed E-state index contributed by atoms with van der Waals surface area (Å²) in [4.78, 5) is 11.5. The van der Waals surface area contributed by atoms with E-state index in [1.807, 2.05) is 12.3 Å². The Balaban J connectivity index is 1.59. The van der Waals surface area contributed by atoms with Crippen molar-refractivity contribution >= 4 is 32.6 Å². The first-order chi connectivity index (χ1) is 13.8. The van der Waals surface area contributed by atoms with Gasteiger partial charge in [0.05, 0.1) is 6.61 Å². The van der Waals surface area contributed by atoms with Gasteiger partial charge in [-0.1, -0.05) is 6.07 Å². The average molecular weight is 420 g/mol. The van der Waals surface area contributed by atoms with Crippen molar-refractivity contribution in [3.63, 3.8) is 0 Å². The summed E-state index contributed by atoms with van der Waals surface area (Å²) in [7, 11) is -4.26. The minimum atomic E-state index is -4.26. The third-order valence-corrected chi connectivity index (χ3v) is 5.81. The number of benzene rings is 2. The van der Waals surface area contributed by atoms with Gasteiger partial charge in [0.25, 0.3) is 5.91 Å². The van der Waals surface area contributed by atoms with E-state index in [-0.39, 0.29) is 5.39 Å². The van der Waals surface area contributed by atoms with Crippen LogP contribution < -0.4 is 13.8 Å². The summed E-state index contributed by atoms with van der Waals surface area (Å²) >= 11 is 0. The zero-order valence-corrected chi connectivity index (χ0v) is 15.9. The molecule has 1 amide bonds. The van der Waals surface area contributed by atoms with Gasteiger partial charge in [-0.05, 0) is 29.7 Å². The summed E-state index contributed by atoms with van der Waals surface area (Å²) in [6.45, 7) is 0.430. The molecule has 1 fully saturated rings. The largest absolute Gasteiger partial charge is 0.506 e. The summed E-state index contributed by atoms with van der Waals surface area (Å²) in [6, 6.07) is 7.69. The highest BCUT2D eigenvalue weighted by molar-refractivity contribution is 7.92. The zero-order chi connectivity index (χ0) is 20.6. The van der Waals surface area contributed by atoms with E-state index < -0.39 is 39.9 Å². The number of hydrogen-bond acceptors (Lipinski definition) is 6. The molecule has 1 aliphatic rings. The monoisotopic (exact) mass is 420 g/mol. The van der Waals surface area contributed by atoms with E-state index in [1.165, 1.54) is 12.1 Å². The molecule has 11 heteroatoms. The Labute approximate surface area is 165 Å². The van der Waals surface area contributed by atoms with E-state index in [0.717, 1.165) is 0 Å². The standard InChI is InChI=1S/C18H17FN4O5S/c19-17-14-10-13(28-8-2-7-22-6-1-5-20-22)4-3-12(14)9-15(24)18(17)23-11-16(25)21-29(23,26)27/h1,3-6,9-10,24H,2,7-8,11H2,(H,21,25). The molecule has 0 atom stereocenters. The second-order valence-corrected chi connectivity index (χ2v) is 8.04. The van der Waals surface area contributed by atoms with Crippen LogP contribution in [0.3, 0.4) is 0 Å². The highest BCUT2D eigenvalue weighted by atomic mass is 32.2. The Hall–Kier alpha value is -3.34. The van der Waals surface area contributed by atoms with Gasteiger partial charge in [0.1, 0.15) is 23.7 Å². The van der Waals surface area contributed by atoms with Crippen molar-refractivity contribution < 1.29 is 27.4 Å². The number of amides is 1. The van der Waals surface area contributed by atoms with Gasteiger partial charge in [0, 0.05) is 30.7 Å². The molecule has 1 aliphatic heterocycles. The van der Waals surface area contributed by atoms with Gasteiger partial charge < -0.3 is 9.84 Å². The molecule has 4 rings (SSSR count). The predicted octanol–water partition coefficient (Wildman–Crippen LogP) is 1.53. The number of carbonyl (C=O) groups excluding carboxylic acids is 1. The zero-order valence-electron chi connectivity index (χ0n) is 15.1. The molecule has 0 saturated carbocycles. The van der Waals surface area contributed by atoms with Crippen molar-refractivity contribution in [2.24, 2.45) is 0 Å². The van der Waals surface area contributed by atoms with E-state index in [9.17, 15) is 18.3 Å². The fourth-order valence-corrected chi connectivity index (χ4v) is 4.29. The van der Waals surface area contributed by atoms with Crippen LogP contribution in [0.15, 0.2) is 42.7 Å². The Morgan fingerprint density at radius 3 is 2.83 bits per heavy atom. The minimum Gasteiger partial charge on any atom is -0.506 e. The minimum absolute atomic E-state index is 0.0666. The highest BCUT2D eigenvalue weighted by Gasteiger charge is 2.37. The molecule has 29 heavy (non-hydrogen) atoms. The van der Waals surface area contributed by atoms with Gasteiger partial charge in [-0.25, -0.2) is 13.4 Å². The topological polar surface area (TPSA) is 114 Å². The number of anilines is 1. The Bertz CT molecular complexity index is 1180. The van der Waals surface area contributed by atoms with Gasteiger partial charge in [-0.2, -0.15) is 13.5 Å². The van der Waals surface area contributed by atoms with E-state index in [4.69, 9.17) is 4.74 Å². The number of phenolic OH excluding ortho intramolecular Hbond substituents is 1. The number of carbonyl (C=O) groups is 1. The third-order valence-electron chi connectivity index (χ3n) is 4.43. The van der Waals surface area contributed by atoms with Gasteiger partial charge >= 0.3 is 10.2 Å². The number of nitrogens with one attached hydrogen (secondary N) is 1. The molecular weight excluding hydrogens is 403 g/mol. The second kappa shape index (κ2) is 7.24. The second-order valence-electron chi connectivity index (χ2n) is 6.45. The quantitative estimate of drug-likeness (QED) is 0.585. The average Bonchev–Trinajstić information content (AvgIpc) is 3.26. The number of phenols is 1. The molecule has 1 aromatic heterocycles. The van der Waals surface area contributed by atoms with E-state index in [1.54, 1.807) is 27.7 Å². The molecule has 9 nitrogen and oxygen atoms in total. The van der Waals surface area contributed by atoms with Crippen molar-refractivity contribution in [1.29, 1.82) is 0 Å². The van der Waals surface area contributed by atoms with Crippen LogP contribution in [-0.2, 0) is 21.5 Å². The molecule has 2 aromatic carbocycles. The smallest absolute Gasteiger partial charge is 0.326 e. The van der Waals surface area contributed by atoms with E-state index >= 15 is 4.39 Å². The van der Waals surface area contributed by atoms with Gasteiger partial charge in [-0.3, -0.25) is 9.48 Å². The third kappa shape index (κ3) is 3.68. The number of nitrogens with zero attached hydrogens (tertiary/aromatic N) is 3. The SMILES string of the molecule is O=C1CN(c2c(O)cc3ccc(OCCCn4cccn4)cc3c2F)S(=O)(=O)N1. The molecule has 3 aromatic rings. The van der Waals surface area contributed by atoms with Gasteiger partial charge in [0.15, 0.2) is 5.82 Å². The first kappa shape index (κ1) is 19.0. The Morgan fingerprint density at radius 1 is 1.31 bits per heavy atom. The van der Waals surface area contributed by atoms with Crippen molar-refractivity contribution in [2.45, 2.75) is 13.0 Å². The van der Waals surface area contributed by atoms with Crippen molar-refractivity contribution in [2.75, 3.05) is 17.5 Å². The summed E-state index contributed by atoms with van der Waals surface area (Å²) in [5.41, 5.74) is -0.577. The number of ether oxygens (including phenoxy) is 1. The number of aryl methyl sites for hydroxylation is 1. The van der Waals surface area contributed by atoms with Crippen molar-refractivity contribution in [3.05, 3.63) is 48.5 Å². The molecule has 0 spiro atoms. The summed E-state index contributed by atoms with van der Waals surface area (Å²) in [5.74, 6) is -1.95. The molecule has 0 radical (unpaired) electrons. The predicted molar refractivity (Wildman–Crippen MR) is 102 cm³/mol. The number of aromatic hydroxyl groups is 1. The summed E-state index contributed by atoms with van der Waals surface area (Å²) in [5, 5.41) is 14.7. The van der Waals surface area contributed by atoms with Crippen LogP contribution in [0.1, 0.15) is 6.42 Å². The Kier molecular flexibility index (Phi) is 4.74. The number of rotatable bonds is 6. The van der Waals surface area contributed by atoms with E-state index in [0.29, 0.717) is 35.0 Å². The number of fused-ring (bicyclic) bond motifs is 1. The number of aromatic nitrogens is 2. The van der Waals surface area contributed by atoms with Crippen LogP contribution >= 0.6 is 0 Å². The fourth-order valence-electron chi connectivity index (χ4n) is 3.13. The normalized spacial score (nSPS) is 15.6. The van der Waals surface area contributed by atoms with E-state index in [2.05, 4.69) is 5.10 Å². The van der Waals surface area contributed by atoms with Crippen LogP contribution in [0.4, 0.5) is 10.1 Å². The Morgan fingerprint density at radius 2 is 2.14 bits per heavy atom. The maximum atomic E-state index is 15.1. The van der Waals surface area contributed by atoms with Crippen LogP contribution in [-0.4, -0.2) is 42.4 Å².